The van der Waals surface area contributed by atoms with Crippen molar-refractivity contribution in [1.29, 1.82) is 0 Å². The van der Waals surface area contributed by atoms with Crippen LogP contribution in [0.2, 0.25) is 0 Å². The highest BCUT2D eigenvalue weighted by molar-refractivity contribution is 7.13. The number of hydrogen-bond acceptors (Lipinski definition) is 5. The van der Waals surface area contributed by atoms with Crippen LogP contribution in [0.5, 0.6) is 5.75 Å². The fourth-order valence-electron chi connectivity index (χ4n) is 4.04. The molecule has 2 aromatic rings. The number of nitrogens with zero attached hydrogens (tertiary/aromatic N) is 2. The molecule has 6 rings (SSSR count). The first-order chi connectivity index (χ1) is 12.3. The van der Waals surface area contributed by atoms with Gasteiger partial charge >= 0.3 is 0 Å². The molecule has 0 radical (unpaired) electrons. The molecule has 4 fully saturated rings. The SMILES string of the molecule is O=C(NC1CN2CCC1CC2)c1nsc2cc(OCC3CC3)ccc12. The van der Waals surface area contributed by atoms with Crippen molar-refractivity contribution in [3.8, 4) is 5.75 Å². The summed E-state index contributed by atoms with van der Waals surface area (Å²) in [6, 6.07) is 6.23. The lowest BCUT2D eigenvalue weighted by Gasteiger charge is -2.44. The van der Waals surface area contributed by atoms with E-state index >= 15 is 0 Å². The van der Waals surface area contributed by atoms with E-state index in [4.69, 9.17) is 4.74 Å². The monoisotopic (exact) mass is 357 g/mol. The summed E-state index contributed by atoms with van der Waals surface area (Å²) in [6.45, 7) is 4.15. The van der Waals surface area contributed by atoms with Crippen LogP contribution in [0.25, 0.3) is 10.1 Å². The number of rotatable bonds is 5. The minimum atomic E-state index is -0.0309. The van der Waals surface area contributed by atoms with Crippen molar-refractivity contribution < 1.29 is 9.53 Å². The quantitative estimate of drug-likeness (QED) is 0.894. The number of fused-ring (bicyclic) bond motifs is 4. The van der Waals surface area contributed by atoms with Crippen molar-refractivity contribution in [2.45, 2.75) is 31.7 Å². The van der Waals surface area contributed by atoms with E-state index in [1.807, 2.05) is 18.2 Å². The van der Waals surface area contributed by atoms with E-state index in [2.05, 4.69) is 14.6 Å². The largest absolute Gasteiger partial charge is 0.493 e. The zero-order valence-corrected chi connectivity index (χ0v) is 15.1. The van der Waals surface area contributed by atoms with Gasteiger partial charge < -0.3 is 15.0 Å². The maximum Gasteiger partial charge on any atom is 0.271 e. The summed E-state index contributed by atoms with van der Waals surface area (Å²) < 4.78 is 11.3. The van der Waals surface area contributed by atoms with E-state index in [9.17, 15) is 4.79 Å². The Kier molecular flexibility index (Phi) is 3.90. The van der Waals surface area contributed by atoms with E-state index in [-0.39, 0.29) is 11.9 Å². The van der Waals surface area contributed by atoms with Gasteiger partial charge in [0.25, 0.3) is 5.91 Å². The van der Waals surface area contributed by atoms with Gasteiger partial charge in [-0.1, -0.05) is 0 Å². The second-order valence-corrected chi connectivity index (χ2v) is 8.47. The summed E-state index contributed by atoms with van der Waals surface area (Å²) in [5, 5.41) is 4.17. The minimum Gasteiger partial charge on any atom is -0.493 e. The van der Waals surface area contributed by atoms with Gasteiger partial charge in [0.05, 0.1) is 11.3 Å². The predicted molar refractivity (Wildman–Crippen MR) is 98.3 cm³/mol. The molecule has 3 saturated heterocycles. The third-order valence-corrected chi connectivity index (χ3v) is 6.62. The predicted octanol–water partition coefficient (Wildman–Crippen LogP) is 2.91. The van der Waals surface area contributed by atoms with Gasteiger partial charge in [0.1, 0.15) is 11.4 Å². The Labute approximate surface area is 151 Å². The molecule has 2 bridgehead atoms. The lowest BCUT2D eigenvalue weighted by atomic mass is 9.84. The van der Waals surface area contributed by atoms with Crippen LogP contribution in [0, 0.1) is 11.8 Å². The fourth-order valence-corrected chi connectivity index (χ4v) is 4.84. The van der Waals surface area contributed by atoms with Crippen LogP contribution in [-0.4, -0.2) is 47.5 Å². The highest BCUT2D eigenvalue weighted by Crippen LogP contribution is 2.32. The van der Waals surface area contributed by atoms with Crippen molar-refractivity contribution in [3.63, 3.8) is 0 Å². The molecule has 1 atom stereocenters. The highest BCUT2D eigenvalue weighted by atomic mass is 32.1. The molecule has 1 unspecified atom stereocenters. The first kappa shape index (κ1) is 15.6. The van der Waals surface area contributed by atoms with Gasteiger partial charge in [-0.3, -0.25) is 4.79 Å². The third-order valence-electron chi connectivity index (χ3n) is 5.81. The lowest BCUT2D eigenvalue weighted by molar-refractivity contribution is 0.0619. The van der Waals surface area contributed by atoms with E-state index in [1.54, 1.807) is 0 Å². The molecule has 132 valence electrons. The number of aromatic nitrogens is 1. The van der Waals surface area contributed by atoms with Gasteiger partial charge in [-0.2, -0.15) is 4.37 Å². The Morgan fingerprint density at radius 1 is 1.28 bits per heavy atom. The Balaban J connectivity index is 1.30. The van der Waals surface area contributed by atoms with Crippen molar-refractivity contribution in [2.24, 2.45) is 11.8 Å². The summed E-state index contributed by atoms with van der Waals surface area (Å²) in [5.74, 6) is 2.21. The van der Waals surface area contributed by atoms with Crippen LogP contribution in [0.4, 0.5) is 0 Å². The van der Waals surface area contributed by atoms with Crippen molar-refractivity contribution in [2.75, 3.05) is 26.2 Å². The molecule has 1 N–H and O–H groups in total. The molecule has 1 aliphatic carbocycles. The van der Waals surface area contributed by atoms with Crippen LogP contribution in [0.1, 0.15) is 36.2 Å². The number of nitrogens with one attached hydrogen (secondary N) is 1. The van der Waals surface area contributed by atoms with E-state index < -0.39 is 0 Å². The molecule has 1 aromatic carbocycles. The molecule has 0 spiro atoms. The van der Waals surface area contributed by atoms with Crippen LogP contribution < -0.4 is 10.1 Å². The summed E-state index contributed by atoms with van der Waals surface area (Å²) in [5.41, 5.74) is 0.560. The van der Waals surface area contributed by atoms with E-state index in [0.29, 0.717) is 11.6 Å². The Hall–Kier alpha value is -1.66. The molecule has 1 amide bonds. The van der Waals surface area contributed by atoms with Crippen LogP contribution in [0.15, 0.2) is 18.2 Å². The van der Waals surface area contributed by atoms with E-state index in [0.717, 1.165) is 34.9 Å². The van der Waals surface area contributed by atoms with Gasteiger partial charge in [0, 0.05) is 18.0 Å². The maximum atomic E-state index is 12.8. The van der Waals surface area contributed by atoms with Gasteiger partial charge in [-0.25, -0.2) is 0 Å². The summed E-state index contributed by atoms with van der Waals surface area (Å²) in [7, 11) is 0. The second kappa shape index (κ2) is 6.25. The Morgan fingerprint density at radius 3 is 2.84 bits per heavy atom. The van der Waals surface area contributed by atoms with Crippen LogP contribution >= 0.6 is 11.5 Å². The molecule has 4 aliphatic rings. The van der Waals surface area contributed by atoms with Gasteiger partial charge in [-0.05, 0) is 80.3 Å². The van der Waals surface area contributed by atoms with Crippen molar-refractivity contribution in [1.82, 2.24) is 14.6 Å². The summed E-state index contributed by atoms with van der Waals surface area (Å²) in [6.07, 6.45) is 4.97. The zero-order valence-electron chi connectivity index (χ0n) is 14.2. The van der Waals surface area contributed by atoms with Crippen LogP contribution in [0.3, 0.4) is 0 Å². The van der Waals surface area contributed by atoms with Gasteiger partial charge in [-0.15, -0.1) is 0 Å². The topological polar surface area (TPSA) is 54.5 Å². The number of amides is 1. The zero-order chi connectivity index (χ0) is 16.8. The molecule has 25 heavy (non-hydrogen) atoms. The third kappa shape index (κ3) is 3.13. The molecule has 6 heteroatoms. The fraction of sp³-hybridized carbons (Fsp3) is 0.579. The van der Waals surface area contributed by atoms with Crippen molar-refractivity contribution >= 4 is 27.5 Å². The number of benzene rings is 1. The standard InChI is InChI=1S/C19H23N3O2S/c23-19(20-16-10-22-7-5-13(16)6-8-22)18-15-4-3-14(9-17(15)25-21-18)24-11-12-1-2-12/h3-4,9,12-13,16H,1-2,5-8,10-11H2,(H,20,23). The van der Waals surface area contributed by atoms with Crippen molar-refractivity contribution in [3.05, 3.63) is 23.9 Å². The molecule has 5 nitrogen and oxygen atoms in total. The average molecular weight is 357 g/mol. The molecular formula is C19H23N3O2S. The van der Waals surface area contributed by atoms with E-state index in [1.165, 1.54) is 50.3 Å². The minimum absolute atomic E-state index is 0.0309. The Bertz CT molecular complexity index is 793. The number of carbonyl (C=O) groups is 1. The first-order valence-electron chi connectivity index (χ1n) is 9.32. The number of hydrogen-bond donors (Lipinski definition) is 1. The molecule has 1 aromatic heterocycles. The number of carbonyl (C=O) groups excluding carboxylic acids is 1. The first-order valence-corrected chi connectivity index (χ1v) is 10.1. The number of ether oxygens (including phenoxy) is 1. The molecule has 4 heterocycles. The molecular weight excluding hydrogens is 334 g/mol. The molecule has 3 aliphatic heterocycles. The molecule has 1 saturated carbocycles. The summed E-state index contributed by atoms with van der Waals surface area (Å²) >= 11 is 1.38. The normalized spacial score (nSPS) is 28.2. The lowest BCUT2D eigenvalue weighted by Crippen LogP contribution is -2.57. The van der Waals surface area contributed by atoms with Gasteiger partial charge in [0.2, 0.25) is 0 Å². The van der Waals surface area contributed by atoms with Crippen LogP contribution in [-0.2, 0) is 0 Å². The van der Waals surface area contributed by atoms with Gasteiger partial charge in [0.15, 0.2) is 0 Å². The maximum absolute atomic E-state index is 12.8. The number of piperidine rings is 3. The summed E-state index contributed by atoms with van der Waals surface area (Å²) in [4.78, 5) is 15.2. The smallest absolute Gasteiger partial charge is 0.271 e. The Morgan fingerprint density at radius 2 is 2.12 bits per heavy atom. The second-order valence-electron chi connectivity index (χ2n) is 7.66. The average Bonchev–Trinajstić information content (AvgIpc) is 3.38. The highest BCUT2D eigenvalue weighted by Gasteiger charge is 2.35.